The van der Waals surface area contributed by atoms with Crippen LogP contribution in [0.15, 0.2) is 12.2 Å². The van der Waals surface area contributed by atoms with Crippen molar-refractivity contribution in [2.24, 2.45) is 11.8 Å². The van der Waals surface area contributed by atoms with Crippen molar-refractivity contribution in [3.63, 3.8) is 0 Å². The molecule has 0 aromatic carbocycles. The van der Waals surface area contributed by atoms with Crippen molar-refractivity contribution in [3.05, 3.63) is 12.2 Å². The van der Waals surface area contributed by atoms with Crippen molar-refractivity contribution in [2.45, 2.75) is 50.6 Å². The van der Waals surface area contributed by atoms with Crippen LogP contribution in [0.2, 0.25) is 0 Å². The van der Waals surface area contributed by atoms with Gasteiger partial charge < -0.3 is 5.32 Å². The van der Waals surface area contributed by atoms with Gasteiger partial charge in [0.1, 0.15) is 0 Å². The minimum atomic E-state index is 0.832. The molecule has 0 aromatic rings. The molecule has 3 rings (SSSR count). The average molecular weight is 177 g/mol. The first kappa shape index (κ1) is 8.05. The van der Waals surface area contributed by atoms with E-state index < -0.39 is 0 Å². The highest BCUT2D eigenvalue weighted by molar-refractivity contribution is 5.07. The molecule has 1 nitrogen and oxygen atoms in total. The zero-order valence-electron chi connectivity index (χ0n) is 8.21. The number of hydrogen-bond acceptors (Lipinski definition) is 1. The van der Waals surface area contributed by atoms with Crippen LogP contribution in [-0.4, -0.2) is 12.1 Å². The van der Waals surface area contributed by atoms with E-state index >= 15 is 0 Å². The fourth-order valence-electron chi connectivity index (χ4n) is 3.65. The quantitative estimate of drug-likeness (QED) is 0.560. The molecule has 0 amide bonds. The van der Waals surface area contributed by atoms with Gasteiger partial charge in [0, 0.05) is 12.1 Å². The Kier molecular flexibility index (Phi) is 1.93. The summed E-state index contributed by atoms with van der Waals surface area (Å²) in [4.78, 5) is 0. The molecule has 1 saturated heterocycles. The van der Waals surface area contributed by atoms with E-state index in [9.17, 15) is 0 Å². The van der Waals surface area contributed by atoms with Gasteiger partial charge in [-0.05, 0) is 37.5 Å². The third kappa shape index (κ3) is 1.25. The maximum atomic E-state index is 3.84. The fourth-order valence-corrected chi connectivity index (χ4v) is 3.65. The van der Waals surface area contributed by atoms with Crippen LogP contribution in [0.3, 0.4) is 0 Å². The maximum Gasteiger partial charge on any atom is 0.0139 e. The normalized spacial score (nSPS) is 48.6. The van der Waals surface area contributed by atoms with Gasteiger partial charge in [-0.25, -0.2) is 0 Å². The van der Waals surface area contributed by atoms with Gasteiger partial charge in [-0.3, -0.25) is 0 Å². The van der Waals surface area contributed by atoms with E-state index in [2.05, 4.69) is 17.5 Å². The Morgan fingerprint density at radius 3 is 2.69 bits per heavy atom. The zero-order valence-corrected chi connectivity index (χ0v) is 8.21. The Balaban J connectivity index is 1.80. The molecule has 2 fully saturated rings. The molecular weight excluding hydrogens is 158 g/mol. The van der Waals surface area contributed by atoms with Crippen LogP contribution in [0, 0.1) is 11.8 Å². The Morgan fingerprint density at radius 2 is 1.69 bits per heavy atom. The Labute approximate surface area is 80.6 Å². The molecule has 4 unspecified atom stereocenters. The van der Waals surface area contributed by atoms with E-state index in [0.29, 0.717) is 0 Å². The first-order chi connectivity index (χ1) is 6.45. The van der Waals surface area contributed by atoms with E-state index in [0.717, 1.165) is 23.9 Å². The standard InChI is InChI=1S/C12H19N/c1-3-7-11-9(5-1)10-6-2-4-8-12(10)13-11/h1,3,9-13H,2,4-8H2. The SMILES string of the molecule is C1=CCC2C(C1)NC1CCCCC12. The molecule has 1 aliphatic heterocycles. The lowest BCUT2D eigenvalue weighted by Crippen LogP contribution is -2.33. The summed E-state index contributed by atoms with van der Waals surface area (Å²) in [6.07, 6.45) is 13.3. The molecule has 0 spiro atoms. The summed E-state index contributed by atoms with van der Waals surface area (Å²) < 4.78 is 0. The molecule has 72 valence electrons. The van der Waals surface area contributed by atoms with Gasteiger partial charge in [-0.15, -0.1) is 0 Å². The summed E-state index contributed by atoms with van der Waals surface area (Å²) in [5.41, 5.74) is 0. The minimum Gasteiger partial charge on any atom is -0.310 e. The molecular formula is C12H19N. The number of rotatable bonds is 0. The highest BCUT2D eigenvalue weighted by Gasteiger charge is 2.42. The van der Waals surface area contributed by atoms with E-state index in [1.54, 1.807) is 0 Å². The Bertz CT molecular complexity index is 221. The number of hydrogen-bond donors (Lipinski definition) is 1. The number of nitrogens with one attached hydrogen (secondary N) is 1. The van der Waals surface area contributed by atoms with Crippen molar-refractivity contribution < 1.29 is 0 Å². The molecule has 1 N–H and O–H groups in total. The second-order valence-corrected chi connectivity index (χ2v) is 4.93. The lowest BCUT2D eigenvalue weighted by atomic mass is 9.75. The minimum absolute atomic E-state index is 0.832. The monoisotopic (exact) mass is 177 g/mol. The highest BCUT2D eigenvalue weighted by Crippen LogP contribution is 2.41. The third-order valence-electron chi connectivity index (χ3n) is 4.28. The first-order valence-electron chi connectivity index (χ1n) is 5.86. The predicted octanol–water partition coefficient (Wildman–Crippen LogP) is 2.48. The van der Waals surface area contributed by atoms with E-state index in [4.69, 9.17) is 0 Å². The average Bonchev–Trinajstić information content (AvgIpc) is 2.56. The van der Waals surface area contributed by atoms with Crippen LogP contribution >= 0.6 is 0 Å². The summed E-state index contributed by atoms with van der Waals surface area (Å²) >= 11 is 0. The Morgan fingerprint density at radius 1 is 0.846 bits per heavy atom. The Hall–Kier alpha value is -0.300. The summed E-state index contributed by atoms with van der Waals surface area (Å²) in [6, 6.07) is 1.71. The molecule has 3 aliphatic rings. The number of allylic oxidation sites excluding steroid dienone is 1. The number of fused-ring (bicyclic) bond motifs is 3. The van der Waals surface area contributed by atoms with E-state index in [1.165, 1.54) is 38.5 Å². The van der Waals surface area contributed by atoms with Crippen LogP contribution in [-0.2, 0) is 0 Å². The molecule has 13 heavy (non-hydrogen) atoms. The van der Waals surface area contributed by atoms with Crippen LogP contribution in [0.4, 0.5) is 0 Å². The van der Waals surface area contributed by atoms with E-state index in [-0.39, 0.29) is 0 Å². The van der Waals surface area contributed by atoms with Crippen molar-refractivity contribution in [3.8, 4) is 0 Å². The molecule has 2 aliphatic carbocycles. The van der Waals surface area contributed by atoms with Gasteiger partial charge in [0.2, 0.25) is 0 Å². The summed E-state index contributed by atoms with van der Waals surface area (Å²) in [6.45, 7) is 0. The molecule has 0 bridgehead atoms. The predicted molar refractivity (Wildman–Crippen MR) is 54.5 cm³/mol. The van der Waals surface area contributed by atoms with Crippen LogP contribution in [0.5, 0.6) is 0 Å². The van der Waals surface area contributed by atoms with Gasteiger partial charge in [0.15, 0.2) is 0 Å². The largest absolute Gasteiger partial charge is 0.310 e. The fraction of sp³-hybridized carbons (Fsp3) is 0.833. The highest BCUT2D eigenvalue weighted by atomic mass is 15.0. The summed E-state index contributed by atoms with van der Waals surface area (Å²) in [5, 5.41) is 3.84. The van der Waals surface area contributed by atoms with Crippen LogP contribution in [0.25, 0.3) is 0 Å². The molecule has 1 saturated carbocycles. The smallest absolute Gasteiger partial charge is 0.0139 e. The summed E-state index contributed by atoms with van der Waals surface area (Å²) in [7, 11) is 0. The second-order valence-electron chi connectivity index (χ2n) is 4.93. The van der Waals surface area contributed by atoms with Gasteiger partial charge in [0.25, 0.3) is 0 Å². The van der Waals surface area contributed by atoms with Crippen LogP contribution in [0.1, 0.15) is 38.5 Å². The summed E-state index contributed by atoms with van der Waals surface area (Å²) in [5.74, 6) is 2.00. The first-order valence-corrected chi connectivity index (χ1v) is 5.86. The van der Waals surface area contributed by atoms with Crippen molar-refractivity contribution >= 4 is 0 Å². The van der Waals surface area contributed by atoms with Crippen LogP contribution < -0.4 is 5.32 Å². The third-order valence-corrected chi connectivity index (χ3v) is 4.28. The molecule has 0 aromatic heterocycles. The van der Waals surface area contributed by atoms with Gasteiger partial charge in [0.05, 0.1) is 0 Å². The zero-order chi connectivity index (χ0) is 8.67. The topological polar surface area (TPSA) is 12.0 Å². The van der Waals surface area contributed by atoms with Crippen molar-refractivity contribution in [1.82, 2.24) is 5.32 Å². The van der Waals surface area contributed by atoms with Gasteiger partial charge >= 0.3 is 0 Å². The maximum absolute atomic E-state index is 3.84. The van der Waals surface area contributed by atoms with Gasteiger partial charge in [-0.1, -0.05) is 25.0 Å². The molecule has 1 heteroatoms. The van der Waals surface area contributed by atoms with Crippen molar-refractivity contribution in [2.75, 3.05) is 0 Å². The lowest BCUT2D eigenvalue weighted by molar-refractivity contribution is 0.265. The van der Waals surface area contributed by atoms with Crippen molar-refractivity contribution in [1.29, 1.82) is 0 Å². The second kappa shape index (κ2) is 3.13. The van der Waals surface area contributed by atoms with Gasteiger partial charge in [-0.2, -0.15) is 0 Å². The van der Waals surface area contributed by atoms with E-state index in [1.807, 2.05) is 0 Å². The molecule has 4 atom stereocenters. The molecule has 1 heterocycles. The lowest BCUT2D eigenvalue weighted by Gasteiger charge is -2.29. The molecule has 0 radical (unpaired) electrons.